The summed E-state index contributed by atoms with van der Waals surface area (Å²) in [4.78, 5) is 2.65. The van der Waals surface area contributed by atoms with Gasteiger partial charge in [0, 0.05) is 28.8 Å². The fourth-order valence-corrected chi connectivity index (χ4v) is 3.67. The molecule has 0 saturated carbocycles. The van der Waals surface area contributed by atoms with Crippen LogP contribution in [0.5, 0.6) is 0 Å². The average Bonchev–Trinajstić information content (AvgIpc) is 2.81. The quantitative estimate of drug-likeness (QED) is 0.877. The molecule has 18 heavy (non-hydrogen) atoms. The highest BCUT2D eigenvalue weighted by Gasteiger charge is 2.31. The van der Waals surface area contributed by atoms with E-state index in [2.05, 4.69) is 38.3 Å². The second-order valence-electron chi connectivity index (χ2n) is 5.33. The summed E-state index contributed by atoms with van der Waals surface area (Å²) in [5.41, 5.74) is 1.17. The lowest BCUT2D eigenvalue weighted by Crippen LogP contribution is -2.42. The van der Waals surface area contributed by atoms with Crippen molar-refractivity contribution in [3.63, 3.8) is 0 Å². The molecular weight excluding hydrogens is 312 g/mol. The highest BCUT2D eigenvalue weighted by atomic mass is 79.9. The van der Waals surface area contributed by atoms with Gasteiger partial charge in [0.15, 0.2) is 0 Å². The van der Waals surface area contributed by atoms with Crippen molar-refractivity contribution in [1.29, 1.82) is 0 Å². The monoisotopic (exact) mass is 328 g/mol. The molecule has 4 heteroatoms. The number of halogens is 2. The first-order chi connectivity index (χ1) is 8.72. The fraction of sp³-hybridized carbons (Fsp3) is 0.571. The molecule has 0 aliphatic carbocycles. The van der Waals surface area contributed by atoms with Gasteiger partial charge in [0.1, 0.15) is 0 Å². The number of hydrogen-bond donors (Lipinski definition) is 1. The number of fused-ring (bicyclic) bond motifs is 1. The molecule has 0 amide bonds. The highest BCUT2D eigenvalue weighted by Crippen LogP contribution is 2.30. The first-order valence-corrected chi connectivity index (χ1v) is 7.85. The topological polar surface area (TPSA) is 15.3 Å². The third-order valence-corrected chi connectivity index (χ3v) is 5.32. The van der Waals surface area contributed by atoms with Gasteiger partial charge in [0.2, 0.25) is 0 Å². The van der Waals surface area contributed by atoms with Crippen molar-refractivity contribution in [3.8, 4) is 0 Å². The molecule has 98 valence electrons. The Labute approximate surface area is 122 Å². The molecule has 2 aliphatic heterocycles. The summed E-state index contributed by atoms with van der Waals surface area (Å²) in [7, 11) is 0. The summed E-state index contributed by atoms with van der Waals surface area (Å²) >= 11 is 9.49. The molecule has 0 aromatic heterocycles. The molecule has 2 fully saturated rings. The maximum Gasteiger partial charge on any atom is 0.0549 e. The smallest absolute Gasteiger partial charge is 0.0549 e. The van der Waals surface area contributed by atoms with Gasteiger partial charge < -0.3 is 10.2 Å². The van der Waals surface area contributed by atoms with Gasteiger partial charge in [-0.25, -0.2) is 0 Å². The van der Waals surface area contributed by atoms with Gasteiger partial charge in [0.05, 0.1) is 5.02 Å². The van der Waals surface area contributed by atoms with Gasteiger partial charge in [-0.05, 0) is 66.4 Å². The van der Waals surface area contributed by atoms with E-state index in [0.717, 1.165) is 15.5 Å². The predicted octanol–water partition coefficient (Wildman–Crippen LogP) is 4.14. The zero-order chi connectivity index (χ0) is 12.5. The van der Waals surface area contributed by atoms with Crippen molar-refractivity contribution < 1.29 is 0 Å². The van der Waals surface area contributed by atoms with E-state index >= 15 is 0 Å². The molecule has 1 N–H and O–H groups in total. The second kappa shape index (κ2) is 5.40. The van der Waals surface area contributed by atoms with E-state index < -0.39 is 0 Å². The normalized spacial score (nSPS) is 28.1. The number of benzene rings is 1. The van der Waals surface area contributed by atoms with E-state index in [1.54, 1.807) is 0 Å². The summed E-state index contributed by atoms with van der Waals surface area (Å²) in [5.74, 6) is 0. The van der Waals surface area contributed by atoms with E-state index in [9.17, 15) is 0 Å². The molecule has 0 radical (unpaired) electrons. The molecule has 1 aromatic rings. The summed E-state index contributed by atoms with van der Waals surface area (Å²) in [6, 6.07) is 7.50. The van der Waals surface area contributed by atoms with Gasteiger partial charge in [-0.15, -0.1) is 0 Å². The van der Waals surface area contributed by atoms with Gasteiger partial charge in [-0.3, -0.25) is 0 Å². The Balaban J connectivity index is 1.64. The molecule has 2 nitrogen and oxygen atoms in total. The molecule has 2 heterocycles. The summed E-state index contributed by atoms with van der Waals surface area (Å²) in [5, 5.41) is 4.42. The number of hydrogen-bond acceptors (Lipinski definition) is 2. The van der Waals surface area contributed by atoms with Crippen molar-refractivity contribution >= 4 is 33.2 Å². The fourth-order valence-electron chi connectivity index (χ4n) is 3.18. The van der Waals surface area contributed by atoms with Crippen LogP contribution in [0.25, 0.3) is 0 Å². The van der Waals surface area contributed by atoms with Crippen LogP contribution in [0.15, 0.2) is 22.7 Å². The second-order valence-corrected chi connectivity index (χ2v) is 6.59. The van der Waals surface area contributed by atoms with Crippen LogP contribution in [0.1, 0.15) is 25.7 Å². The maximum atomic E-state index is 6.02. The third-order valence-electron chi connectivity index (χ3n) is 4.11. The zero-order valence-electron chi connectivity index (χ0n) is 10.3. The van der Waals surface area contributed by atoms with Crippen molar-refractivity contribution in [3.05, 3.63) is 27.7 Å². The number of anilines is 1. The molecule has 2 atom stereocenters. The van der Waals surface area contributed by atoms with Crippen LogP contribution in [-0.2, 0) is 0 Å². The van der Waals surface area contributed by atoms with E-state index in [1.165, 1.54) is 44.5 Å². The molecule has 1 aromatic carbocycles. The van der Waals surface area contributed by atoms with Crippen LogP contribution in [0.3, 0.4) is 0 Å². The van der Waals surface area contributed by atoms with Crippen LogP contribution < -0.4 is 5.32 Å². The first-order valence-electron chi connectivity index (χ1n) is 6.68. The lowest BCUT2D eigenvalue weighted by atomic mass is 9.97. The lowest BCUT2D eigenvalue weighted by molar-refractivity contribution is 0.188. The minimum Gasteiger partial charge on any atom is -0.382 e. The van der Waals surface area contributed by atoms with Crippen LogP contribution in [0.4, 0.5) is 5.69 Å². The summed E-state index contributed by atoms with van der Waals surface area (Å²) < 4.78 is 0.965. The molecule has 2 saturated heterocycles. The van der Waals surface area contributed by atoms with Gasteiger partial charge in [-0.1, -0.05) is 11.6 Å². The number of piperidine rings is 1. The highest BCUT2D eigenvalue weighted by molar-refractivity contribution is 9.10. The Bertz CT molecular complexity index is 438. The van der Waals surface area contributed by atoms with Crippen LogP contribution >= 0.6 is 27.5 Å². The largest absolute Gasteiger partial charge is 0.382 e. The van der Waals surface area contributed by atoms with Crippen LogP contribution in [0.2, 0.25) is 5.02 Å². The zero-order valence-corrected chi connectivity index (χ0v) is 12.7. The molecule has 2 unspecified atom stereocenters. The minimum atomic E-state index is 0.609. The number of nitrogens with zero attached hydrogens (tertiary/aromatic N) is 1. The van der Waals surface area contributed by atoms with Crippen molar-refractivity contribution in [2.75, 3.05) is 18.4 Å². The van der Waals surface area contributed by atoms with Crippen molar-refractivity contribution in [2.24, 2.45) is 0 Å². The number of rotatable bonds is 2. The van der Waals surface area contributed by atoms with E-state index in [1.807, 2.05) is 6.07 Å². The third kappa shape index (κ3) is 2.68. The number of nitrogens with one attached hydrogen (secondary N) is 1. The molecule has 2 aliphatic rings. The Hall–Kier alpha value is -0.250. The van der Waals surface area contributed by atoms with Crippen LogP contribution in [-0.4, -0.2) is 30.1 Å². The maximum absolute atomic E-state index is 6.02. The summed E-state index contributed by atoms with van der Waals surface area (Å²) in [6.07, 6.45) is 5.28. The molecule has 3 rings (SSSR count). The Morgan fingerprint density at radius 3 is 3.00 bits per heavy atom. The van der Waals surface area contributed by atoms with Crippen molar-refractivity contribution in [1.82, 2.24) is 4.90 Å². The van der Waals surface area contributed by atoms with Crippen LogP contribution in [0, 0.1) is 0 Å². The van der Waals surface area contributed by atoms with E-state index in [0.29, 0.717) is 6.04 Å². The first kappa shape index (κ1) is 12.8. The molecular formula is C14H18BrClN2. The van der Waals surface area contributed by atoms with Gasteiger partial charge >= 0.3 is 0 Å². The van der Waals surface area contributed by atoms with E-state index in [4.69, 9.17) is 11.6 Å². The Kier molecular flexibility index (Phi) is 3.83. The predicted molar refractivity (Wildman–Crippen MR) is 80.4 cm³/mol. The van der Waals surface area contributed by atoms with Gasteiger partial charge in [0.25, 0.3) is 0 Å². The molecule has 0 spiro atoms. The SMILES string of the molecule is Clc1ccc(NC2CCN3CCCC3C2)cc1Br. The minimum absolute atomic E-state index is 0.609. The van der Waals surface area contributed by atoms with Crippen molar-refractivity contribution in [2.45, 2.75) is 37.8 Å². The lowest BCUT2D eigenvalue weighted by Gasteiger charge is -2.35. The average molecular weight is 330 g/mol. The van der Waals surface area contributed by atoms with E-state index in [-0.39, 0.29) is 0 Å². The summed E-state index contributed by atoms with van der Waals surface area (Å²) in [6.45, 7) is 2.56. The Morgan fingerprint density at radius 1 is 1.28 bits per heavy atom. The standard InChI is InChI=1S/C14H18BrClN2/c15-13-9-10(3-4-14(13)16)17-11-5-7-18-6-1-2-12(18)8-11/h3-4,9,11-12,17H,1-2,5-8H2. The molecule has 0 bridgehead atoms. The van der Waals surface area contributed by atoms with Gasteiger partial charge in [-0.2, -0.15) is 0 Å². The Morgan fingerprint density at radius 2 is 2.17 bits per heavy atom.